The van der Waals surface area contributed by atoms with Crippen LogP contribution >= 0.6 is 0 Å². The number of aromatic nitrogens is 2. The second kappa shape index (κ2) is 12.4. The topological polar surface area (TPSA) is 97.8 Å². The molecular weight excluding hydrogens is 513 g/mol. The number of fused-ring (bicyclic) bond motifs is 1. The fourth-order valence-corrected chi connectivity index (χ4v) is 4.12. The summed E-state index contributed by atoms with van der Waals surface area (Å²) < 4.78 is 30.8. The van der Waals surface area contributed by atoms with Crippen molar-refractivity contribution in [1.82, 2.24) is 14.9 Å². The molecule has 0 unspecified atom stereocenters. The van der Waals surface area contributed by atoms with Gasteiger partial charge in [-0.15, -0.1) is 0 Å². The van der Waals surface area contributed by atoms with Crippen LogP contribution in [0.1, 0.15) is 12.0 Å². The Hall–Kier alpha value is -4.70. The maximum Gasteiger partial charge on any atom is 0.249 e. The van der Waals surface area contributed by atoms with Gasteiger partial charge in [-0.25, -0.2) is 14.4 Å². The van der Waals surface area contributed by atoms with Crippen molar-refractivity contribution in [3.63, 3.8) is 0 Å². The summed E-state index contributed by atoms with van der Waals surface area (Å²) in [4.78, 5) is 23.3. The van der Waals surface area contributed by atoms with Crippen molar-refractivity contribution in [3.8, 4) is 11.5 Å². The third-order valence-corrected chi connectivity index (χ3v) is 6.11. The number of ether oxygens (including phenoxy) is 3. The van der Waals surface area contributed by atoms with Gasteiger partial charge < -0.3 is 29.7 Å². The van der Waals surface area contributed by atoms with Crippen molar-refractivity contribution in [1.29, 1.82) is 0 Å². The zero-order valence-electron chi connectivity index (χ0n) is 22.3. The van der Waals surface area contributed by atoms with Gasteiger partial charge in [0.2, 0.25) is 5.91 Å². The van der Waals surface area contributed by atoms with Gasteiger partial charge >= 0.3 is 0 Å². The number of benzene rings is 3. The highest BCUT2D eigenvalue weighted by Crippen LogP contribution is 2.35. The first kappa shape index (κ1) is 26.9. The molecule has 1 aliphatic heterocycles. The lowest BCUT2D eigenvalue weighted by Gasteiger charge is -2.18. The average molecular weight is 544 g/mol. The molecule has 10 heteroatoms. The van der Waals surface area contributed by atoms with Gasteiger partial charge in [-0.05, 0) is 48.0 Å². The first-order valence-corrected chi connectivity index (χ1v) is 12.9. The van der Waals surface area contributed by atoms with E-state index >= 15 is 0 Å². The molecule has 40 heavy (non-hydrogen) atoms. The molecule has 1 saturated heterocycles. The smallest absolute Gasteiger partial charge is 0.249 e. The first-order chi connectivity index (χ1) is 19.4. The largest absolute Gasteiger partial charge is 0.489 e. The molecule has 0 bridgehead atoms. The van der Waals surface area contributed by atoms with E-state index in [0.29, 0.717) is 47.1 Å². The molecule has 2 N–H and O–H groups in total. The minimum atomic E-state index is -0.295. The van der Waals surface area contributed by atoms with Crippen LogP contribution in [0.3, 0.4) is 0 Å². The molecule has 0 aliphatic carbocycles. The summed E-state index contributed by atoms with van der Waals surface area (Å²) in [6.07, 6.45) is 5.26. The summed E-state index contributed by atoms with van der Waals surface area (Å²) in [5.41, 5.74) is 2.69. The Morgan fingerprint density at radius 2 is 2.00 bits per heavy atom. The third-order valence-electron chi connectivity index (χ3n) is 6.11. The van der Waals surface area contributed by atoms with E-state index in [1.54, 1.807) is 29.3 Å². The minimum absolute atomic E-state index is 0.105. The van der Waals surface area contributed by atoms with Crippen LogP contribution in [0.15, 0.2) is 79.3 Å². The van der Waals surface area contributed by atoms with Gasteiger partial charge in [0.1, 0.15) is 42.2 Å². The highest BCUT2D eigenvalue weighted by Gasteiger charge is 2.20. The van der Waals surface area contributed by atoms with E-state index in [1.165, 1.54) is 24.5 Å². The second-order valence-electron chi connectivity index (χ2n) is 9.53. The fraction of sp³-hybridized carbons (Fsp3) is 0.233. The number of hydrogen-bond acceptors (Lipinski definition) is 8. The van der Waals surface area contributed by atoms with Gasteiger partial charge in [0.15, 0.2) is 0 Å². The summed E-state index contributed by atoms with van der Waals surface area (Å²) in [6, 6.07) is 17.3. The van der Waals surface area contributed by atoms with Crippen LogP contribution in [0, 0.1) is 5.82 Å². The molecule has 0 radical (unpaired) electrons. The summed E-state index contributed by atoms with van der Waals surface area (Å²) in [7, 11) is 3.68. The molecule has 2 heterocycles. The number of carbonyl (C=O) groups excluding carboxylic acids is 1. The lowest BCUT2D eigenvalue weighted by atomic mass is 10.1. The first-order valence-electron chi connectivity index (χ1n) is 12.9. The normalized spacial score (nSPS) is 14.8. The number of amides is 1. The van der Waals surface area contributed by atoms with Crippen LogP contribution in [-0.4, -0.2) is 54.2 Å². The highest BCUT2D eigenvalue weighted by molar-refractivity contribution is 6.03. The van der Waals surface area contributed by atoms with Crippen molar-refractivity contribution in [3.05, 3.63) is 90.6 Å². The van der Waals surface area contributed by atoms with Crippen molar-refractivity contribution < 1.29 is 23.4 Å². The van der Waals surface area contributed by atoms with Crippen LogP contribution in [0.5, 0.6) is 11.5 Å². The zero-order chi connectivity index (χ0) is 27.9. The van der Waals surface area contributed by atoms with Gasteiger partial charge in [-0.3, -0.25) is 4.79 Å². The fourth-order valence-electron chi connectivity index (χ4n) is 4.12. The summed E-state index contributed by atoms with van der Waals surface area (Å²) in [5.74, 6) is 1.14. The number of halogens is 1. The van der Waals surface area contributed by atoms with Gasteiger partial charge in [-0.1, -0.05) is 12.1 Å². The van der Waals surface area contributed by atoms with Crippen LogP contribution in [0.4, 0.5) is 21.6 Å². The van der Waals surface area contributed by atoms with E-state index in [0.717, 1.165) is 17.7 Å². The molecule has 5 rings (SSSR count). The Kier molecular flexibility index (Phi) is 8.36. The maximum absolute atomic E-state index is 13.4. The van der Waals surface area contributed by atoms with Crippen molar-refractivity contribution in [2.24, 2.45) is 0 Å². The van der Waals surface area contributed by atoms with Gasteiger partial charge in [-0.2, -0.15) is 0 Å². The Labute approximate surface area is 231 Å². The van der Waals surface area contributed by atoms with Crippen LogP contribution in [0.2, 0.25) is 0 Å². The molecule has 4 aromatic rings. The predicted octanol–water partition coefficient (Wildman–Crippen LogP) is 5.27. The van der Waals surface area contributed by atoms with Crippen LogP contribution in [0.25, 0.3) is 10.9 Å². The Balaban J connectivity index is 1.36. The molecule has 0 spiro atoms. The highest BCUT2D eigenvalue weighted by atomic mass is 19.1. The van der Waals surface area contributed by atoms with E-state index in [2.05, 4.69) is 20.6 Å². The minimum Gasteiger partial charge on any atom is -0.489 e. The molecule has 206 valence electrons. The predicted molar refractivity (Wildman–Crippen MR) is 151 cm³/mol. The van der Waals surface area contributed by atoms with E-state index in [1.807, 2.05) is 44.4 Å². The van der Waals surface area contributed by atoms with Crippen LogP contribution in [-0.2, 0) is 16.1 Å². The summed E-state index contributed by atoms with van der Waals surface area (Å²) in [5, 5.41) is 6.94. The number of anilines is 3. The number of nitrogens with zero attached hydrogens (tertiary/aromatic N) is 3. The molecule has 1 atom stereocenters. The molecule has 1 fully saturated rings. The number of rotatable bonds is 10. The van der Waals surface area contributed by atoms with E-state index in [-0.39, 0.29) is 24.4 Å². The average Bonchev–Trinajstić information content (AvgIpc) is 3.45. The van der Waals surface area contributed by atoms with E-state index < -0.39 is 0 Å². The van der Waals surface area contributed by atoms with Crippen molar-refractivity contribution in [2.75, 3.05) is 37.9 Å². The van der Waals surface area contributed by atoms with Crippen molar-refractivity contribution >= 4 is 34.0 Å². The SMILES string of the molecule is CN(C)/C=C/C(=O)Nc1cc2c(Nc3ccc(OCc4cccc(F)c4)cc3)ncnc2cc1O[C@H]1CCOC1. The second-order valence-corrected chi connectivity index (χ2v) is 9.53. The molecule has 0 saturated carbocycles. The molecule has 3 aromatic carbocycles. The zero-order valence-corrected chi connectivity index (χ0v) is 22.3. The Morgan fingerprint density at radius 3 is 2.75 bits per heavy atom. The van der Waals surface area contributed by atoms with Crippen molar-refractivity contribution in [2.45, 2.75) is 19.1 Å². The van der Waals surface area contributed by atoms with E-state index in [9.17, 15) is 9.18 Å². The number of hydrogen-bond donors (Lipinski definition) is 2. The maximum atomic E-state index is 13.4. The van der Waals surface area contributed by atoms with E-state index in [4.69, 9.17) is 14.2 Å². The number of nitrogens with one attached hydrogen (secondary N) is 2. The number of carbonyl (C=O) groups is 1. The quantitative estimate of drug-likeness (QED) is 0.261. The molecule has 1 aromatic heterocycles. The third kappa shape index (κ3) is 7.03. The molecule has 1 amide bonds. The Bertz CT molecular complexity index is 1500. The van der Waals surface area contributed by atoms with Gasteiger partial charge in [0.05, 0.1) is 24.4 Å². The van der Waals surface area contributed by atoms with Crippen LogP contribution < -0.4 is 20.1 Å². The Morgan fingerprint density at radius 1 is 1.15 bits per heavy atom. The lowest BCUT2D eigenvalue weighted by Crippen LogP contribution is -2.18. The standard InChI is InChI=1S/C30H30FN5O4/c1-36(2)12-10-29(37)35-27-15-25-26(16-28(27)40-24-11-13-38-18-24)32-19-33-30(25)34-22-6-8-23(9-7-22)39-17-20-4-3-5-21(31)14-20/h3-10,12,14-16,19,24H,11,13,17-18H2,1-2H3,(H,35,37)(H,32,33,34)/b12-10+/t24-/m0/s1. The summed E-state index contributed by atoms with van der Waals surface area (Å²) >= 11 is 0. The molecule has 1 aliphatic rings. The summed E-state index contributed by atoms with van der Waals surface area (Å²) in [6.45, 7) is 1.39. The lowest BCUT2D eigenvalue weighted by molar-refractivity contribution is -0.112. The molecule has 9 nitrogen and oxygen atoms in total. The molecular formula is C30H30FN5O4. The van der Waals surface area contributed by atoms with Gasteiger partial charge in [0.25, 0.3) is 0 Å². The monoisotopic (exact) mass is 543 g/mol. The van der Waals surface area contributed by atoms with Gasteiger partial charge in [0, 0.05) is 49.9 Å².